The Morgan fingerprint density at radius 1 is 1.08 bits per heavy atom. The molecule has 0 radical (unpaired) electrons. The minimum absolute atomic E-state index is 0.274. The fraction of sp³-hybridized carbons (Fsp3) is 0.214. The lowest BCUT2D eigenvalue weighted by atomic mass is 10.1. The molecule has 190 valence electrons. The summed E-state index contributed by atoms with van der Waals surface area (Å²) in [5, 5.41) is 18.9. The van der Waals surface area contributed by atoms with Gasteiger partial charge in [-0.3, -0.25) is 14.4 Å². The number of hydrazone groups is 1. The zero-order valence-corrected chi connectivity index (χ0v) is 20.3. The van der Waals surface area contributed by atoms with Crippen LogP contribution in [-0.4, -0.2) is 46.6 Å². The summed E-state index contributed by atoms with van der Waals surface area (Å²) in [7, 11) is 0. The summed E-state index contributed by atoms with van der Waals surface area (Å²) in [6.45, 7) is 1.11. The third-order valence-electron chi connectivity index (χ3n) is 6.22. The minimum Gasteiger partial charge on any atom is -0.481 e. The van der Waals surface area contributed by atoms with Gasteiger partial charge in [0.05, 0.1) is 12.6 Å². The van der Waals surface area contributed by atoms with E-state index in [1.54, 1.807) is 17.0 Å². The molecule has 1 aliphatic heterocycles. The predicted octanol–water partition coefficient (Wildman–Crippen LogP) is 2.75. The van der Waals surface area contributed by atoms with E-state index in [2.05, 4.69) is 15.7 Å². The number of carbonyl (C=O) groups is 3. The van der Waals surface area contributed by atoms with Crippen LogP contribution in [0.4, 0.5) is 5.69 Å². The van der Waals surface area contributed by atoms with Gasteiger partial charge in [-0.2, -0.15) is 5.10 Å². The van der Waals surface area contributed by atoms with E-state index in [1.165, 1.54) is 6.21 Å². The Hall–Kier alpha value is -4.66. The first kappa shape index (κ1) is 25.4. The lowest BCUT2D eigenvalue weighted by molar-refractivity contribution is -0.141. The molecule has 1 heterocycles. The van der Waals surface area contributed by atoms with Gasteiger partial charge in [-0.15, -0.1) is 0 Å². The monoisotopic (exact) mass is 499 g/mol. The van der Waals surface area contributed by atoms with E-state index in [9.17, 15) is 19.5 Å². The molecule has 0 bridgehead atoms. The number of amides is 2. The zero-order chi connectivity index (χ0) is 26.2. The number of aliphatic carboxylic acids is 1. The molecule has 2 amide bonds. The topological polar surface area (TPSA) is 137 Å². The van der Waals surface area contributed by atoms with Crippen LogP contribution in [0.1, 0.15) is 39.0 Å². The van der Waals surface area contributed by atoms with E-state index in [1.807, 2.05) is 60.7 Å². The second-order valence-electron chi connectivity index (χ2n) is 8.86. The van der Waals surface area contributed by atoms with E-state index in [4.69, 9.17) is 5.84 Å². The number of anilines is 1. The Kier molecular flexibility index (Phi) is 8.15. The van der Waals surface area contributed by atoms with E-state index in [0.717, 1.165) is 22.3 Å². The summed E-state index contributed by atoms with van der Waals surface area (Å²) in [5.74, 6) is 3.54. The number of nitrogens with zero attached hydrogens (tertiary/aromatic N) is 2. The largest absolute Gasteiger partial charge is 0.481 e. The quantitative estimate of drug-likeness (QED) is 0.203. The lowest BCUT2D eigenvalue weighted by Gasteiger charge is -2.24. The number of carboxylic acid groups (broad SMARTS) is 1. The maximum atomic E-state index is 13.2. The molecule has 4 rings (SSSR count). The fourth-order valence-corrected chi connectivity index (χ4v) is 4.25. The number of nitrogens with one attached hydrogen (secondary N) is 2. The van der Waals surface area contributed by atoms with Gasteiger partial charge in [0, 0.05) is 30.9 Å². The molecule has 0 spiro atoms. The van der Waals surface area contributed by atoms with Crippen molar-refractivity contribution < 1.29 is 19.5 Å². The van der Waals surface area contributed by atoms with E-state index < -0.39 is 12.0 Å². The third-order valence-corrected chi connectivity index (χ3v) is 6.22. The standard InChI is InChI=1S/C28H29N5O4/c29-31-17-21-8-6-20(7-9-21)16-30-27(36)22-10-11-23-18-33(13-12-19-4-2-1-3-5-19)28(37)25(15-26(34)35)32-24(23)14-22/h1-11,14,17,25,32H,12-13,15-16,18,29H2,(H,30,36)(H,34,35). The second kappa shape index (κ2) is 11.9. The maximum Gasteiger partial charge on any atom is 0.305 e. The van der Waals surface area contributed by atoms with E-state index >= 15 is 0 Å². The highest BCUT2D eigenvalue weighted by Gasteiger charge is 2.31. The number of hydrogen-bond donors (Lipinski definition) is 4. The van der Waals surface area contributed by atoms with Crippen LogP contribution in [0.3, 0.4) is 0 Å². The Balaban J connectivity index is 1.48. The fourth-order valence-electron chi connectivity index (χ4n) is 4.25. The van der Waals surface area contributed by atoms with E-state index in [0.29, 0.717) is 37.3 Å². The lowest BCUT2D eigenvalue weighted by Crippen LogP contribution is -2.42. The van der Waals surface area contributed by atoms with Crippen molar-refractivity contribution in [3.8, 4) is 0 Å². The molecule has 0 saturated carbocycles. The molecule has 9 heteroatoms. The molecule has 3 aromatic carbocycles. The molecule has 0 saturated heterocycles. The predicted molar refractivity (Wildman–Crippen MR) is 141 cm³/mol. The van der Waals surface area contributed by atoms with Gasteiger partial charge in [0.1, 0.15) is 6.04 Å². The van der Waals surface area contributed by atoms with Crippen LogP contribution in [0.15, 0.2) is 77.9 Å². The summed E-state index contributed by atoms with van der Waals surface area (Å²) in [6.07, 6.45) is 1.83. The summed E-state index contributed by atoms with van der Waals surface area (Å²) in [6, 6.07) is 21.6. The Labute approximate surface area is 215 Å². The molecule has 0 aliphatic carbocycles. The first-order valence-electron chi connectivity index (χ1n) is 12.0. The third kappa shape index (κ3) is 6.72. The maximum absolute atomic E-state index is 13.2. The van der Waals surface area contributed by atoms with Gasteiger partial charge in [-0.1, -0.05) is 60.7 Å². The SMILES string of the molecule is NN=Cc1ccc(CNC(=O)c2ccc3c(c2)NC(CC(=O)O)C(=O)N(CCc2ccccc2)C3)cc1. The molecule has 3 aromatic rings. The van der Waals surface area contributed by atoms with Crippen LogP contribution < -0.4 is 16.5 Å². The number of carbonyl (C=O) groups excluding carboxylic acids is 2. The van der Waals surface area contributed by atoms with Crippen LogP contribution in [0.2, 0.25) is 0 Å². The van der Waals surface area contributed by atoms with Gasteiger partial charge in [-0.25, -0.2) is 0 Å². The highest BCUT2D eigenvalue weighted by atomic mass is 16.4. The molecular formula is C28H29N5O4. The van der Waals surface area contributed by atoms with Gasteiger partial charge in [0.2, 0.25) is 5.91 Å². The van der Waals surface area contributed by atoms with Gasteiger partial charge in [-0.05, 0) is 40.8 Å². The number of fused-ring (bicyclic) bond motifs is 1. The summed E-state index contributed by atoms with van der Waals surface area (Å²) >= 11 is 0. The average Bonchev–Trinajstić information content (AvgIpc) is 3.03. The van der Waals surface area contributed by atoms with Crippen molar-refractivity contribution in [2.75, 3.05) is 11.9 Å². The van der Waals surface area contributed by atoms with Gasteiger partial charge in [0.15, 0.2) is 0 Å². The molecular weight excluding hydrogens is 470 g/mol. The number of rotatable bonds is 9. The second-order valence-corrected chi connectivity index (χ2v) is 8.86. The van der Waals surface area contributed by atoms with Crippen LogP contribution in [-0.2, 0) is 29.1 Å². The van der Waals surface area contributed by atoms with Crippen molar-refractivity contribution in [3.05, 3.63) is 101 Å². The van der Waals surface area contributed by atoms with Gasteiger partial charge >= 0.3 is 5.97 Å². The first-order valence-corrected chi connectivity index (χ1v) is 12.0. The van der Waals surface area contributed by atoms with Gasteiger partial charge < -0.3 is 26.5 Å². The summed E-state index contributed by atoms with van der Waals surface area (Å²) in [4.78, 5) is 39.2. The van der Waals surface area contributed by atoms with Crippen LogP contribution in [0, 0.1) is 0 Å². The molecule has 1 atom stereocenters. The summed E-state index contributed by atoms with van der Waals surface area (Å²) in [5.41, 5.74) is 4.69. The van der Waals surface area contributed by atoms with Crippen molar-refractivity contribution in [2.24, 2.45) is 10.9 Å². The first-order chi connectivity index (χ1) is 17.9. The van der Waals surface area contributed by atoms with Crippen molar-refractivity contribution in [1.29, 1.82) is 0 Å². The van der Waals surface area contributed by atoms with Crippen molar-refractivity contribution in [3.63, 3.8) is 0 Å². The molecule has 5 N–H and O–H groups in total. The smallest absolute Gasteiger partial charge is 0.305 e. The van der Waals surface area contributed by atoms with Crippen molar-refractivity contribution in [2.45, 2.75) is 32.0 Å². The number of benzene rings is 3. The van der Waals surface area contributed by atoms with Crippen LogP contribution in [0.25, 0.3) is 0 Å². The molecule has 0 fully saturated rings. The van der Waals surface area contributed by atoms with Crippen LogP contribution >= 0.6 is 0 Å². The highest BCUT2D eigenvalue weighted by molar-refractivity contribution is 5.96. The zero-order valence-electron chi connectivity index (χ0n) is 20.3. The minimum atomic E-state index is -1.07. The molecule has 1 unspecified atom stereocenters. The average molecular weight is 500 g/mol. The Morgan fingerprint density at radius 3 is 2.54 bits per heavy atom. The van der Waals surface area contributed by atoms with Crippen molar-refractivity contribution in [1.82, 2.24) is 10.2 Å². The highest BCUT2D eigenvalue weighted by Crippen LogP contribution is 2.26. The Morgan fingerprint density at radius 2 is 1.84 bits per heavy atom. The van der Waals surface area contributed by atoms with Crippen molar-refractivity contribution >= 4 is 29.7 Å². The number of nitrogens with two attached hydrogens (primary N) is 1. The summed E-state index contributed by atoms with van der Waals surface area (Å²) < 4.78 is 0. The molecule has 9 nitrogen and oxygen atoms in total. The molecule has 0 aromatic heterocycles. The van der Waals surface area contributed by atoms with E-state index in [-0.39, 0.29) is 18.2 Å². The molecule has 37 heavy (non-hydrogen) atoms. The van der Waals surface area contributed by atoms with Gasteiger partial charge in [0.25, 0.3) is 5.91 Å². The van der Waals surface area contributed by atoms with Crippen LogP contribution in [0.5, 0.6) is 0 Å². The Bertz CT molecular complexity index is 1290. The number of hydrogen-bond acceptors (Lipinski definition) is 6. The molecule has 1 aliphatic rings. The number of carboxylic acids is 1. The normalized spacial score (nSPS) is 15.1.